The molecule has 1 atom stereocenters. The molecule has 0 aliphatic carbocycles. The van der Waals surface area contributed by atoms with Gasteiger partial charge in [0.15, 0.2) is 0 Å². The summed E-state index contributed by atoms with van der Waals surface area (Å²) < 4.78 is 5.46. The fraction of sp³-hybridized carbons (Fsp3) is 0.688. The first-order chi connectivity index (χ1) is 9.42. The van der Waals surface area contributed by atoms with Gasteiger partial charge >= 0.3 is 0 Å². The van der Waals surface area contributed by atoms with Gasteiger partial charge in [-0.3, -0.25) is 9.88 Å². The van der Waals surface area contributed by atoms with Crippen LogP contribution in [0.3, 0.4) is 0 Å². The minimum atomic E-state index is 0.786. The van der Waals surface area contributed by atoms with Crippen LogP contribution in [0.4, 0.5) is 0 Å². The average Bonchev–Trinajstić information content (AvgIpc) is 2.96. The molecule has 0 saturated carbocycles. The van der Waals surface area contributed by atoms with E-state index in [9.17, 15) is 0 Å². The number of ether oxygens (including phenoxy) is 1. The Hall–Kier alpha value is -0.930. The zero-order valence-corrected chi connectivity index (χ0v) is 11.6. The molecule has 0 aromatic carbocycles. The number of rotatable bonds is 4. The van der Waals surface area contributed by atoms with Crippen LogP contribution >= 0.6 is 0 Å². The fourth-order valence-electron chi connectivity index (χ4n) is 3.38. The highest BCUT2D eigenvalue weighted by Crippen LogP contribution is 2.26. The number of hydrogen-bond donors (Lipinski definition) is 0. The SMILES string of the molecule is c1ccc(CC[C@@H]2CCN(C3CCOCC3)C2)nc1. The van der Waals surface area contributed by atoms with Crippen molar-refractivity contribution in [2.75, 3.05) is 26.3 Å². The summed E-state index contributed by atoms with van der Waals surface area (Å²) in [6.07, 6.45) is 8.15. The summed E-state index contributed by atoms with van der Waals surface area (Å²) in [6, 6.07) is 7.01. The normalized spacial score (nSPS) is 25.8. The van der Waals surface area contributed by atoms with Crippen molar-refractivity contribution in [3.63, 3.8) is 0 Å². The van der Waals surface area contributed by atoms with Crippen LogP contribution in [0.15, 0.2) is 24.4 Å². The van der Waals surface area contributed by atoms with E-state index in [0.717, 1.165) is 31.6 Å². The van der Waals surface area contributed by atoms with Crippen molar-refractivity contribution in [3.8, 4) is 0 Å². The van der Waals surface area contributed by atoms with Gasteiger partial charge in [0.2, 0.25) is 0 Å². The van der Waals surface area contributed by atoms with Crippen molar-refractivity contribution in [1.82, 2.24) is 9.88 Å². The maximum Gasteiger partial charge on any atom is 0.0480 e. The number of aryl methyl sites for hydroxylation is 1. The van der Waals surface area contributed by atoms with Crippen molar-refractivity contribution >= 4 is 0 Å². The smallest absolute Gasteiger partial charge is 0.0480 e. The van der Waals surface area contributed by atoms with Crippen molar-refractivity contribution in [2.24, 2.45) is 5.92 Å². The van der Waals surface area contributed by atoms with Gasteiger partial charge in [0.25, 0.3) is 0 Å². The molecule has 0 amide bonds. The summed E-state index contributed by atoms with van der Waals surface area (Å²) in [5, 5.41) is 0. The first-order valence-electron chi connectivity index (χ1n) is 7.63. The maximum atomic E-state index is 5.46. The molecular weight excluding hydrogens is 236 g/mol. The number of pyridine rings is 1. The predicted molar refractivity (Wildman–Crippen MR) is 76.1 cm³/mol. The van der Waals surface area contributed by atoms with E-state index in [1.165, 1.54) is 44.5 Å². The van der Waals surface area contributed by atoms with Crippen molar-refractivity contribution in [2.45, 2.75) is 38.1 Å². The second-order valence-electron chi connectivity index (χ2n) is 5.85. The molecule has 0 N–H and O–H groups in total. The summed E-state index contributed by atoms with van der Waals surface area (Å²) in [4.78, 5) is 7.12. The standard InChI is InChI=1S/C16H24N2O/c1-2-9-17-15(3-1)5-4-14-6-10-18(13-14)16-7-11-19-12-8-16/h1-3,9,14,16H,4-8,10-13H2/t14-/m1/s1. The molecule has 0 radical (unpaired) electrons. The first-order valence-corrected chi connectivity index (χ1v) is 7.63. The highest BCUT2D eigenvalue weighted by molar-refractivity contribution is 5.03. The van der Waals surface area contributed by atoms with Crippen LogP contribution in [0.1, 0.15) is 31.4 Å². The van der Waals surface area contributed by atoms with E-state index < -0.39 is 0 Å². The minimum absolute atomic E-state index is 0.786. The second-order valence-corrected chi connectivity index (χ2v) is 5.85. The topological polar surface area (TPSA) is 25.4 Å². The van der Waals surface area contributed by atoms with Gasteiger partial charge in [-0.1, -0.05) is 6.07 Å². The van der Waals surface area contributed by atoms with E-state index in [0.29, 0.717) is 0 Å². The van der Waals surface area contributed by atoms with Crippen LogP contribution in [0.5, 0.6) is 0 Å². The molecule has 0 bridgehead atoms. The Labute approximate surface area is 116 Å². The lowest BCUT2D eigenvalue weighted by molar-refractivity contribution is 0.0410. The molecule has 2 saturated heterocycles. The summed E-state index contributed by atoms with van der Waals surface area (Å²) in [7, 11) is 0. The van der Waals surface area contributed by atoms with Gasteiger partial charge in [0, 0.05) is 37.7 Å². The lowest BCUT2D eigenvalue weighted by atomic mass is 10.0. The molecule has 2 aliphatic rings. The van der Waals surface area contributed by atoms with E-state index in [1.807, 2.05) is 12.3 Å². The van der Waals surface area contributed by atoms with E-state index in [-0.39, 0.29) is 0 Å². The van der Waals surface area contributed by atoms with Gasteiger partial charge in [-0.25, -0.2) is 0 Å². The third-order valence-electron chi connectivity index (χ3n) is 4.56. The Morgan fingerprint density at radius 2 is 2.11 bits per heavy atom. The van der Waals surface area contributed by atoms with Crippen LogP contribution < -0.4 is 0 Å². The molecule has 1 aromatic rings. The van der Waals surface area contributed by atoms with Crippen molar-refractivity contribution in [3.05, 3.63) is 30.1 Å². The molecule has 2 fully saturated rings. The van der Waals surface area contributed by atoms with Crippen LogP contribution in [0, 0.1) is 5.92 Å². The molecule has 1 aromatic heterocycles. The van der Waals surface area contributed by atoms with Gasteiger partial charge in [-0.2, -0.15) is 0 Å². The third-order valence-corrected chi connectivity index (χ3v) is 4.56. The van der Waals surface area contributed by atoms with E-state index >= 15 is 0 Å². The van der Waals surface area contributed by atoms with Crippen LogP contribution in [-0.2, 0) is 11.2 Å². The lowest BCUT2D eigenvalue weighted by Crippen LogP contribution is -2.37. The van der Waals surface area contributed by atoms with Crippen molar-refractivity contribution < 1.29 is 4.74 Å². The van der Waals surface area contributed by atoms with Gasteiger partial charge in [0.05, 0.1) is 0 Å². The molecule has 19 heavy (non-hydrogen) atoms. The third kappa shape index (κ3) is 3.54. The van der Waals surface area contributed by atoms with Crippen LogP contribution in [0.2, 0.25) is 0 Å². The summed E-state index contributed by atoms with van der Waals surface area (Å²) in [5.41, 5.74) is 1.24. The Morgan fingerprint density at radius 3 is 2.89 bits per heavy atom. The number of hydrogen-bond acceptors (Lipinski definition) is 3. The Bertz CT molecular complexity index is 376. The molecule has 104 valence electrons. The highest BCUT2D eigenvalue weighted by Gasteiger charge is 2.28. The molecule has 0 spiro atoms. The van der Waals surface area contributed by atoms with E-state index in [4.69, 9.17) is 4.74 Å². The summed E-state index contributed by atoms with van der Waals surface area (Å²) in [6.45, 7) is 4.49. The largest absolute Gasteiger partial charge is 0.381 e. The molecule has 3 nitrogen and oxygen atoms in total. The molecular formula is C16H24N2O. The van der Waals surface area contributed by atoms with Crippen molar-refractivity contribution in [1.29, 1.82) is 0 Å². The average molecular weight is 260 g/mol. The number of likely N-dealkylation sites (tertiary alicyclic amines) is 1. The van der Waals surface area contributed by atoms with Gasteiger partial charge in [0.1, 0.15) is 0 Å². The molecule has 3 heterocycles. The van der Waals surface area contributed by atoms with Gasteiger partial charge < -0.3 is 4.74 Å². The Morgan fingerprint density at radius 1 is 1.21 bits per heavy atom. The van der Waals surface area contributed by atoms with Gasteiger partial charge in [-0.05, 0) is 56.7 Å². The molecule has 2 aliphatic heterocycles. The zero-order valence-electron chi connectivity index (χ0n) is 11.6. The second kappa shape index (κ2) is 6.49. The van der Waals surface area contributed by atoms with Gasteiger partial charge in [-0.15, -0.1) is 0 Å². The van der Waals surface area contributed by atoms with E-state index in [2.05, 4.69) is 22.0 Å². The predicted octanol–water partition coefficient (Wildman–Crippen LogP) is 2.52. The zero-order chi connectivity index (χ0) is 12.9. The number of aromatic nitrogens is 1. The molecule has 0 unspecified atom stereocenters. The number of nitrogens with zero attached hydrogens (tertiary/aromatic N) is 2. The quantitative estimate of drug-likeness (QED) is 0.832. The summed E-state index contributed by atoms with van der Waals surface area (Å²) >= 11 is 0. The summed E-state index contributed by atoms with van der Waals surface area (Å²) in [5.74, 6) is 0.866. The maximum absolute atomic E-state index is 5.46. The molecule has 3 heteroatoms. The minimum Gasteiger partial charge on any atom is -0.381 e. The monoisotopic (exact) mass is 260 g/mol. The Balaban J connectivity index is 1.44. The lowest BCUT2D eigenvalue weighted by Gasteiger charge is -2.31. The molecule has 3 rings (SSSR count). The highest BCUT2D eigenvalue weighted by atomic mass is 16.5. The Kier molecular flexibility index (Phi) is 4.46. The van der Waals surface area contributed by atoms with Crippen LogP contribution in [0.25, 0.3) is 0 Å². The first kappa shape index (κ1) is 13.1. The van der Waals surface area contributed by atoms with Crippen LogP contribution in [-0.4, -0.2) is 42.2 Å². The fourth-order valence-corrected chi connectivity index (χ4v) is 3.38. The van der Waals surface area contributed by atoms with E-state index in [1.54, 1.807) is 0 Å².